The molecule has 0 spiro atoms. The van der Waals surface area contributed by atoms with Crippen LogP contribution in [0.25, 0.3) is 0 Å². The van der Waals surface area contributed by atoms with Gasteiger partial charge in [0.05, 0.1) is 0 Å². The van der Waals surface area contributed by atoms with Gasteiger partial charge in [-0.3, -0.25) is 0 Å². The summed E-state index contributed by atoms with van der Waals surface area (Å²) in [6, 6.07) is 21.5. The second-order valence-electron chi connectivity index (χ2n) is 5.78. The van der Waals surface area contributed by atoms with Crippen molar-refractivity contribution in [2.45, 2.75) is 31.7 Å². The van der Waals surface area contributed by atoms with E-state index in [2.05, 4.69) is 79.1 Å². The van der Waals surface area contributed by atoms with Crippen molar-refractivity contribution in [3.8, 4) is 0 Å². The predicted octanol–water partition coefficient (Wildman–Crippen LogP) is 4.47. The number of nitrogens with zero attached hydrogens (tertiary/aromatic N) is 1. The molecule has 3 heteroatoms. The molecule has 22 heavy (non-hydrogen) atoms. The van der Waals surface area contributed by atoms with Gasteiger partial charge in [0, 0.05) is 16.4 Å². The van der Waals surface area contributed by atoms with E-state index in [4.69, 9.17) is 4.74 Å². The van der Waals surface area contributed by atoms with Crippen LogP contribution in [-0.2, 0) is 11.3 Å². The summed E-state index contributed by atoms with van der Waals surface area (Å²) in [5.74, 6) is 0. The molecule has 0 saturated carbocycles. The van der Waals surface area contributed by atoms with Crippen molar-refractivity contribution in [2.24, 2.45) is 0 Å². The Hall–Kier alpha value is -1.74. The highest BCUT2D eigenvalue weighted by molar-refractivity contribution is 8.13. The van der Waals surface area contributed by atoms with Gasteiger partial charge in [-0.2, -0.15) is 4.58 Å². The van der Waals surface area contributed by atoms with Crippen molar-refractivity contribution >= 4 is 17.0 Å². The fraction of sp³-hybridized carbons (Fsp3) is 0.316. The first-order chi connectivity index (χ1) is 10.7. The zero-order valence-electron chi connectivity index (χ0n) is 13.1. The highest BCUT2D eigenvalue weighted by atomic mass is 32.2. The van der Waals surface area contributed by atoms with Gasteiger partial charge in [-0.05, 0) is 11.8 Å². The topological polar surface area (TPSA) is 12.2 Å². The largest absolute Gasteiger partial charge is 0.432 e. The average molecular weight is 312 g/mol. The molecule has 0 aliphatic carbocycles. The van der Waals surface area contributed by atoms with Gasteiger partial charge in [-0.15, -0.1) is 0 Å². The first kappa shape index (κ1) is 15.2. The summed E-state index contributed by atoms with van der Waals surface area (Å²) in [4.78, 5) is 0. The summed E-state index contributed by atoms with van der Waals surface area (Å²) < 4.78 is 8.42. The molecule has 0 radical (unpaired) electrons. The van der Waals surface area contributed by atoms with E-state index in [-0.39, 0.29) is 0 Å². The van der Waals surface area contributed by atoms with Crippen LogP contribution in [0.5, 0.6) is 0 Å². The SMILES string of the molecule is CC(C)SC1=[N+](Cc2ccccc2)[C@H](c2ccccc2)CO1. The zero-order chi connectivity index (χ0) is 15.4. The second kappa shape index (κ2) is 7.01. The first-order valence-electron chi connectivity index (χ1n) is 7.76. The van der Waals surface area contributed by atoms with Crippen molar-refractivity contribution in [1.82, 2.24) is 0 Å². The second-order valence-corrected chi connectivity index (χ2v) is 7.31. The molecular weight excluding hydrogens is 290 g/mol. The van der Waals surface area contributed by atoms with Crippen LogP contribution in [0.4, 0.5) is 0 Å². The maximum Gasteiger partial charge on any atom is 0.402 e. The van der Waals surface area contributed by atoms with E-state index < -0.39 is 0 Å². The summed E-state index contributed by atoms with van der Waals surface area (Å²) >= 11 is 1.81. The van der Waals surface area contributed by atoms with E-state index in [1.54, 1.807) is 0 Å². The number of thioether (sulfide) groups is 1. The molecule has 0 unspecified atom stereocenters. The lowest BCUT2D eigenvalue weighted by molar-refractivity contribution is -0.575. The molecule has 2 aromatic rings. The van der Waals surface area contributed by atoms with Crippen LogP contribution in [-0.4, -0.2) is 21.7 Å². The molecule has 0 amide bonds. The molecule has 1 heterocycles. The molecular formula is C19H22NOS+. The molecule has 0 aromatic heterocycles. The maximum absolute atomic E-state index is 6.02. The van der Waals surface area contributed by atoms with E-state index >= 15 is 0 Å². The molecule has 3 rings (SSSR count). The Morgan fingerprint density at radius 2 is 1.68 bits per heavy atom. The third-order valence-corrected chi connectivity index (χ3v) is 4.72. The van der Waals surface area contributed by atoms with Crippen LogP contribution in [0, 0.1) is 0 Å². The molecule has 1 atom stereocenters. The summed E-state index contributed by atoms with van der Waals surface area (Å²) in [5, 5.41) is 1.57. The lowest BCUT2D eigenvalue weighted by atomic mass is 10.1. The summed E-state index contributed by atoms with van der Waals surface area (Å²) in [5.41, 5.74) is 2.63. The Kier molecular flexibility index (Phi) is 4.84. The Bertz CT molecular complexity index is 637. The van der Waals surface area contributed by atoms with Crippen LogP contribution < -0.4 is 0 Å². The molecule has 0 fully saturated rings. The molecule has 0 saturated heterocycles. The number of hydrogen-bond donors (Lipinski definition) is 0. The monoisotopic (exact) mass is 312 g/mol. The molecule has 2 aromatic carbocycles. The lowest BCUT2D eigenvalue weighted by Gasteiger charge is -2.09. The number of rotatable bonds is 4. The minimum atomic E-state index is 0.294. The minimum Gasteiger partial charge on any atom is -0.432 e. The summed E-state index contributed by atoms with van der Waals surface area (Å²) in [6.07, 6.45) is 0. The van der Waals surface area contributed by atoms with Crippen LogP contribution in [0.1, 0.15) is 31.0 Å². The number of hydrogen-bond acceptors (Lipinski definition) is 2. The van der Waals surface area contributed by atoms with Gasteiger partial charge < -0.3 is 4.74 Å². The quantitative estimate of drug-likeness (QED) is 0.772. The number of benzene rings is 2. The van der Waals surface area contributed by atoms with Crippen molar-refractivity contribution in [3.63, 3.8) is 0 Å². The summed E-state index contributed by atoms with van der Waals surface area (Å²) in [6.45, 7) is 6.02. The molecule has 0 bridgehead atoms. The van der Waals surface area contributed by atoms with Crippen LogP contribution in [0.15, 0.2) is 60.7 Å². The standard InChI is InChI=1S/C19H22NOS/c1-15(2)22-19-20(13-16-9-5-3-6-10-16)18(14-21-19)17-11-7-4-8-12-17/h3-12,15,18H,13-14H2,1-2H3/q+1/t18-/m0/s1. The zero-order valence-corrected chi connectivity index (χ0v) is 13.9. The van der Waals surface area contributed by atoms with Gasteiger partial charge in [0.15, 0.2) is 13.2 Å². The normalized spacial score (nSPS) is 17.9. The Morgan fingerprint density at radius 1 is 1.05 bits per heavy atom. The van der Waals surface area contributed by atoms with Crippen molar-refractivity contribution in [3.05, 3.63) is 71.8 Å². The average Bonchev–Trinajstić information content (AvgIpc) is 2.91. The van der Waals surface area contributed by atoms with Crippen molar-refractivity contribution < 1.29 is 9.31 Å². The first-order valence-corrected chi connectivity index (χ1v) is 8.64. The van der Waals surface area contributed by atoms with Gasteiger partial charge >= 0.3 is 5.23 Å². The fourth-order valence-corrected chi connectivity index (χ4v) is 3.53. The van der Waals surface area contributed by atoms with E-state index in [1.165, 1.54) is 11.1 Å². The van der Waals surface area contributed by atoms with E-state index in [0.29, 0.717) is 11.3 Å². The van der Waals surface area contributed by atoms with Crippen molar-refractivity contribution in [2.75, 3.05) is 6.61 Å². The molecule has 1 aliphatic rings. The maximum atomic E-state index is 6.02. The van der Waals surface area contributed by atoms with Gasteiger partial charge in [-0.1, -0.05) is 74.5 Å². The Balaban J connectivity index is 1.92. The van der Waals surface area contributed by atoms with E-state index in [0.717, 1.165) is 18.4 Å². The van der Waals surface area contributed by atoms with Crippen LogP contribution in [0.2, 0.25) is 0 Å². The fourth-order valence-electron chi connectivity index (χ4n) is 2.66. The highest BCUT2D eigenvalue weighted by Crippen LogP contribution is 2.29. The van der Waals surface area contributed by atoms with Crippen LogP contribution >= 0.6 is 11.8 Å². The highest BCUT2D eigenvalue weighted by Gasteiger charge is 2.36. The smallest absolute Gasteiger partial charge is 0.402 e. The van der Waals surface area contributed by atoms with Crippen LogP contribution in [0.3, 0.4) is 0 Å². The molecule has 114 valence electrons. The van der Waals surface area contributed by atoms with Gasteiger partial charge in [0.25, 0.3) is 0 Å². The summed E-state index contributed by atoms with van der Waals surface area (Å²) in [7, 11) is 0. The minimum absolute atomic E-state index is 0.294. The van der Waals surface area contributed by atoms with E-state index in [9.17, 15) is 0 Å². The molecule has 1 aliphatic heterocycles. The number of ether oxygens (including phenoxy) is 1. The Labute approximate surface area is 136 Å². The lowest BCUT2D eigenvalue weighted by Crippen LogP contribution is -2.19. The van der Waals surface area contributed by atoms with Gasteiger partial charge in [0.2, 0.25) is 6.04 Å². The third-order valence-electron chi connectivity index (χ3n) is 3.69. The molecule has 0 N–H and O–H groups in total. The Morgan fingerprint density at radius 3 is 2.32 bits per heavy atom. The molecule has 2 nitrogen and oxygen atoms in total. The van der Waals surface area contributed by atoms with E-state index in [1.807, 2.05) is 11.8 Å². The third kappa shape index (κ3) is 3.53. The van der Waals surface area contributed by atoms with Crippen molar-refractivity contribution in [1.29, 1.82) is 0 Å². The van der Waals surface area contributed by atoms with Gasteiger partial charge in [0.1, 0.15) is 0 Å². The van der Waals surface area contributed by atoms with Gasteiger partial charge in [-0.25, -0.2) is 0 Å². The predicted molar refractivity (Wildman–Crippen MR) is 93.3 cm³/mol.